The van der Waals surface area contributed by atoms with Gasteiger partial charge in [0.15, 0.2) is 0 Å². The molecule has 1 aromatic heterocycles. The Bertz CT molecular complexity index is 463. The van der Waals surface area contributed by atoms with Crippen LogP contribution in [0, 0.1) is 0 Å². The number of anilines is 1. The standard InChI is InChI=1S/C11H14N4OS/c1-7-11(16)14-5-6-15(7)10-8(9(12)17)3-2-4-13-10/h2-4,7H,5-6H2,1H3,(H2,12,17)(H,14,16). The first kappa shape index (κ1) is 11.8. The highest BCUT2D eigenvalue weighted by Crippen LogP contribution is 2.20. The maximum atomic E-state index is 11.6. The van der Waals surface area contributed by atoms with Crippen LogP contribution in [0.3, 0.4) is 0 Å². The maximum Gasteiger partial charge on any atom is 0.242 e. The lowest BCUT2D eigenvalue weighted by molar-refractivity contribution is -0.122. The van der Waals surface area contributed by atoms with Crippen LogP contribution in [0.4, 0.5) is 5.82 Å². The van der Waals surface area contributed by atoms with Gasteiger partial charge in [0.1, 0.15) is 16.8 Å². The number of aromatic nitrogens is 1. The fraction of sp³-hybridized carbons (Fsp3) is 0.364. The molecule has 1 saturated heterocycles. The molecule has 1 aromatic rings. The minimum Gasteiger partial charge on any atom is -0.389 e. The number of hydrogen-bond donors (Lipinski definition) is 2. The highest BCUT2D eigenvalue weighted by molar-refractivity contribution is 7.80. The van der Waals surface area contributed by atoms with E-state index < -0.39 is 0 Å². The lowest BCUT2D eigenvalue weighted by Gasteiger charge is -2.34. The van der Waals surface area contributed by atoms with Crippen LogP contribution in [0.2, 0.25) is 0 Å². The summed E-state index contributed by atoms with van der Waals surface area (Å²) in [5.41, 5.74) is 6.38. The molecule has 90 valence electrons. The first-order valence-corrected chi connectivity index (χ1v) is 5.81. The number of hydrogen-bond acceptors (Lipinski definition) is 4. The number of carbonyl (C=O) groups excluding carboxylic acids is 1. The molecule has 0 radical (unpaired) electrons. The SMILES string of the molecule is CC1C(=O)NCCN1c1ncccc1C(N)=S. The summed E-state index contributed by atoms with van der Waals surface area (Å²) in [7, 11) is 0. The number of carbonyl (C=O) groups is 1. The molecule has 5 nitrogen and oxygen atoms in total. The first-order chi connectivity index (χ1) is 8.11. The number of piperazine rings is 1. The van der Waals surface area contributed by atoms with E-state index in [0.717, 1.165) is 0 Å². The molecule has 0 bridgehead atoms. The van der Waals surface area contributed by atoms with Crippen molar-refractivity contribution in [3.63, 3.8) is 0 Å². The van der Waals surface area contributed by atoms with Crippen LogP contribution in [0.5, 0.6) is 0 Å². The van der Waals surface area contributed by atoms with Gasteiger partial charge in [0.2, 0.25) is 5.91 Å². The van der Waals surface area contributed by atoms with E-state index in [0.29, 0.717) is 29.5 Å². The van der Waals surface area contributed by atoms with Gasteiger partial charge in [0.05, 0.1) is 5.56 Å². The Hall–Kier alpha value is -1.69. The molecule has 0 aliphatic carbocycles. The average molecular weight is 250 g/mol. The van der Waals surface area contributed by atoms with Crippen molar-refractivity contribution in [1.82, 2.24) is 10.3 Å². The summed E-state index contributed by atoms with van der Waals surface area (Å²) in [4.78, 5) is 18.1. The third-order valence-corrected chi connectivity index (χ3v) is 3.04. The molecule has 3 N–H and O–H groups in total. The second-order valence-electron chi connectivity index (χ2n) is 3.90. The minimum absolute atomic E-state index is 0.00390. The van der Waals surface area contributed by atoms with Crippen molar-refractivity contribution in [3.8, 4) is 0 Å². The molecule has 17 heavy (non-hydrogen) atoms. The van der Waals surface area contributed by atoms with Gasteiger partial charge >= 0.3 is 0 Å². The Morgan fingerprint density at radius 1 is 1.71 bits per heavy atom. The van der Waals surface area contributed by atoms with E-state index in [-0.39, 0.29) is 11.9 Å². The van der Waals surface area contributed by atoms with E-state index >= 15 is 0 Å². The molecule has 0 saturated carbocycles. The molecule has 1 unspecified atom stereocenters. The fourth-order valence-electron chi connectivity index (χ4n) is 1.89. The van der Waals surface area contributed by atoms with E-state index in [1.807, 2.05) is 17.9 Å². The van der Waals surface area contributed by atoms with Gasteiger partial charge in [-0.15, -0.1) is 0 Å². The molecule has 1 aliphatic rings. The normalized spacial score (nSPS) is 19.9. The van der Waals surface area contributed by atoms with E-state index in [1.54, 1.807) is 12.3 Å². The molecule has 0 spiro atoms. The summed E-state index contributed by atoms with van der Waals surface area (Å²) >= 11 is 5.00. The number of nitrogens with one attached hydrogen (secondary N) is 1. The molecular weight excluding hydrogens is 236 g/mol. The quantitative estimate of drug-likeness (QED) is 0.725. The predicted molar refractivity (Wildman–Crippen MR) is 69.9 cm³/mol. The van der Waals surface area contributed by atoms with Crippen LogP contribution in [0.1, 0.15) is 12.5 Å². The third-order valence-electron chi connectivity index (χ3n) is 2.82. The van der Waals surface area contributed by atoms with Gasteiger partial charge in [0, 0.05) is 19.3 Å². The summed E-state index contributed by atoms with van der Waals surface area (Å²) in [6, 6.07) is 3.35. The monoisotopic (exact) mass is 250 g/mol. The first-order valence-electron chi connectivity index (χ1n) is 5.40. The van der Waals surface area contributed by atoms with Crippen LogP contribution in [-0.4, -0.2) is 35.0 Å². The maximum absolute atomic E-state index is 11.6. The summed E-state index contributed by atoms with van der Waals surface area (Å²) in [5, 5.41) is 2.81. The lowest BCUT2D eigenvalue weighted by atomic mass is 10.1. The summed E-state index contributed by atoms with van der Waals surface area (Å²) in [6.45, 7) is 3.16. The molecule has 1 amide bonds. The van der Waals surface area contributed by atoms with Gasteiger partial charge in [-0.05, 0) is 19.1 Å². The van der Waals surface area contributed by atoms with Crippen LogP contribution in [-0.2, 0) is 4.79 Å². The van der Waals surface area contributed by atoms with Gasteiger partial charge in [-0.2, -0.15) is 0 Å². The number of pyridine rings is 1. The molecule has 0 aromatic carbocycles. The average Bonchev–Trinajstić information content (AvgIpc) is 2.33. The summed E-state index contributed by atoms with van der Waals surface area (Å²) in [5.74, 6) is 0.679. The predicted octanol–water partition coefficient (Wildman–Crippen LogP) is 0.0405. The van der Waals surface area contributed by atoms with Gasteiger partial charge in [-0.1, -0.05) is 12.2 Å². The van der Waals surface area contributed by atoms with Gasteiger partial charge in [0.25, 0.3) is 0 Å². The van der Waals surface area contributed by atoms with E-state index in [2.05, 4.69) is 10.3 Å². The Kier molecular flexibility index (Phi) is 3.23. The minimum atomic E-state index is -0.258. The number of nitrogens with two attached hydrogens (primary N) is 1. The number of amides is 1. The molecule has 2 heterocycles. The highest BCUT2D eigenvalue weighted by Gasteiger charge is 2.28. The van der Waals surface area contributed by atoms with Crippen molar-refractivity contribution >= 4 is 28.9 Å². The second kappa shape index (κ2) is 4.67. The number of thiocarbonyl (C=S) groups is 1. The molecule has 1 atom stereocenters. The Morgan fingerprint density at radius 3 is 3.18 bits per heavy atom. The number of nitrogens with zero attached hydrogens (tertiary/aromatic N) is 2. The van der Waals surface area contributed by atoms with Crippen LogP contribution >= 0.6 is 12.2 Å². The summed E-state index contributed by atoms with van der Waals surface area (Å²) < 4.78 is 0. The fourth-order valence-corrected chi connectivity index (χ4v) is 2.05. The Balaban J connectivity index is 2.39. The lowest BCUT2D eigenvalue weighted by Crippen LogP contribution is -2.54. The second-order valence-corrected chi connectivity index (χ2v) is 4.34. The van der Waals surface area contributed by atoms with Crippen LogP contribution < -0.4 is 16.0 Å². The van der Waals surface area contributed by atoms with Crippen molar-refractivity contribution < 1.29 is 4.79 Å². The highest BCUT2D eigenvalue weighted by atomic mass is 32.1. The zero-order chi connectivity index (χ0) is 12.4. The summed E-state index contributed by atoms with van der Waals surface area (Å²) in [6.07, 6.45) is 1.68. The smallest absolute Gasteiger partial charge is 0.242 e. The largest absolute Gasteiger partial charge is 0.389 e. The van der Waals surface area contributed by atoms with E-state index in [4.69, 9.17) is 18.0 Å². The van der Waals surface area contributed by atoms with Gasteiger partial charge in [-0.3, -0.25) is 4.79 Å². The van der Waals surface area contributed by atoms with Crippen LogP contribution in [0.25, 0.3) is 0 Å². The van der Waals surface area contributed by atoms with Crippen LogP contribution in [0.15, 0.2) is 18.3 Å². The molecule has 1 fully saturated rings. The Labute approximate surface area is 105 Å². The van der Waals surface area contributed by atoms with Crippen molar-refractivity contribution in [3.05, 3.63) is 23.9 Å². The van der Waals surface area contributed by atoms with Gasteiger partial charge < -0.3 is 16.0 Å². The number of rotatable bonds is 2. The molecule has 2 rings (SSSR count). The van der Waals surface area contributed by atoms with E-state index in [9.17, 15) is 4.79 Å². The zero-order valence-corrected chi connectivity index (χ0v) is 10.3. The van der Waals surface area contributed by atoms with Crippen molar-refractivity contribution in [2.45, 2.75) is 13.0 Å². The van der Waals surface area contributed by atoms with Crippen molar-refractivity contribution in [2.75, 3.05) is 18.0 Å². The zero-order valence-electron chi connectivity index (χ0n) is 9.51. The Morgan fingerprint density at radius 2 is 2.47 bits per heavy atom. The van der Waals surface area contributed by atoms with Crippen molar-refractivity contribution in [1.29, 1.82) is 0 Å². The van der Waals surface area contributed by atoms with E-state index in [1.165, 1.54) is 0 Å². The molecule has 1 aliphatic heterocycles. The van der Waals surface area contributed by atoms with Crippen molar-refractivity contribution in [2.24, 2.45) is 5.73 Å². The van der Waals surface area contributed by atoms with Gasteiger partial charge in [-0.25, -0.2) is 4.98 Å². The topological polar surface area (TPSA) is 71.2 Å². The molecule has 6 heteroatoms. The third kappa shape index (κ3) is 2.21. The molecular formula is C11H14N4OS.